The second-order valence-corrected chi connectivity index (χ2v) is 4.95. The molecule has 2 aliphatic rings. The monoisotopic (exact) mass is 230 g/mol. The van der Waals surface area contributed by atoms with E-state index in [9.17, 15) is 9.59 Å². The lowest BCUT2D eigenvalue weighted by molar-refractivity contribution is -0.127. The number of benzene rings is 1. The third kappa shape index (κ3) is 1.37. The van der Waals surface area contributed by atoms with Crippen molar-refractivity contribution in [3.05, 3.63) is 34.9 Å². The van der Waals surface area contributed by atoms with Crippen LogP contribution in [-0.2, 0) is 17.6 Å². The van der Waals surface area contributed by atoms with E-state index in [1.165, 1.54) is 0 Å². The van der Waals surface area contributed by atoms with Crippen molar-refractivity contribution in [1.82, 2.24) is 5.32 Å². The first kappa shape index (κ1) is 10.3. The van der Waals surface area contributed by atoms with Crippen LogP contribution in [0.25, 0.3) is 0 Å². The van der Waals surface area contributed by atoms with Gasteiger partial charge in [-0.2, -0.15) is 0 Å². The lowest BCUT2D eigenvalue weighted by Crippen LogP contribution is -2.31. The van der Waals surface area contributed by atoms with Gasteiger partial charge in [0.25, 0.3) is 0 Å². The summed E-state index contributed by atoms with van der Waals surface area (Å²) in [5.74, 6) is -0.290. The van der Waals surface area contributed by atoms with E-state index in [0.29, 0.717) is 12.0 Å². The van der Waals surface area contributed by atoms with Crippen molar-refractivity contribution in [2.75, 3.05) is 6.54 Å². The molecule has 4 nitrogen and oxygen atoms in total. The molecule has 1 unspecified atom stereocenters. The van der Waals surface area contributed by atoms with Crippen LogP contribution in [0.3, 0.4) is 0 Å². The van der Waals surface area contributed by atoms with Gasteiger partial charge < -0.3 is 11.1 Å². The van der Waals surface area contributed by atoms with E-state index in [-0.39, 0.29) is 11.3 Å². The van der Waals surface area contributed by atoms with Gasteiger partial charge in [0.15, 0.2) is 0 Å². The fraction of sp³-hybridized carbons (Fsp3) is 0.385. The van der Waals surface area contributed by atoms with Crippen molar-refractivity contribution in [2.24, 2.45) is 11.1 Å². The first-order valence-corrected chi connectivity index (χ1v) is 5.81. The average Bonchev–Trinajstić information content (AvgIpc) is 2.82. The Hall–Kier alpha value is -1.84. The van der Waals surface area contributed by atoms with Gasteiger partial charge >= 0.3 is 0 Å². The number of nitrogens with one attached hydrogen (secondary N) is 1. The molecule has 2 amide bonds. The van der Waals surface area contributed by atoms with E-state index in [4.69, 9.17) is 5.73 Å². The number of hydrogen-bond acceptors (Lipinski definition) is 2. The van der Waals surface area contributed by atoms with Crippen molar-refractivity contribution < 1.29 is 9.59 Å². The van der Waals surface area contributed by atoms with Crippen molar-refractivity contribution in [1.29, 1.82) is 0 Å². The maximum Gasteiger partial charge on any atom is 0.248 e. The van der Waals surface area contributed by atoms with E-state index in [2.05, 4.69) is 5.32 Å². The average molecular weight is 230 g/mol. The van der Waals surface area contributed by atoms with Crippen molar-refractivity contribution in [2.45, 2.75) is 19.3 Å². The van der Waals surface area contributed by atoms with Crippen LogP contribution in [0.2, 0.25) is 0 Å². The zero-order valence-corrected chi connectivity index (χ0v) is 9.45. The highest BCUT2D eigenvalue weighted by molar-refractivity contribution is 5.96. The SMILES string of the molecule is NC(=O)c1cccc2c1CC1(CCNC1=O)C2. The third-order valence-corrected chi connectivity index (χ3v) is 3.95. The molecule has 4 heteroatoms. The molecule has 1 aromatic carbocycles. The molecule has 1 fully saturated rings. The third-order valence-electron chi connectivity index (χ3n) is 3.95. The predicted molar refractivity (Wildman–Crippen MR) is 62.4 cm³/mol. The molecular formula is C13H14N2O2. The molecule has 1 aliphatic carbocycles. The van der Waals surface area contributed by atoms with E-state index in [1.54, 1.807) is 6.07 Å². The lowest BCUT2D eigenvalue weighted by Gasteiger charge is -2.18. The number of rotatable bonds is 1. The Bertz CT molecular complexity index is 524. The molecule has 1 spiro atoms. The van der Waals surface area contributed by atoms with Gasteiger partial charge in [0.2, 0.25) is 11.8 Å². The maximum absolute atomic E-state index is 11.9. The summed E-state index contributed by atoms with van der Waals surface area (Å²) >= 11 is 0. The Kier molecular flexibility index (Phi) is 2.02. The highest BCUT2D eigenvalue weighted by atomic mass is 16.2. The Morgan fingerprint density at radius 2 is 2.18 bits per heavy atom. The zero-order valence-electron chi connectivity index (χ0n) is 9.45. The van der Waals surface area contributed by atoms with Gasteiger partial charge in [0.05, 0.1) is 5.41 Å². The van der Waals surface area contributed by atoms with Crippen LogP contribution in [0.1, 0.15) is 27.9 Å². The summed E-state index contributed by atoms with van der Waals surface area (Å²) in [6.07, 6.45) is 2.22. The van der Waals surface area contributed by atoms with E-state index in [1.807, 2.05) is 12.1 Å². The zero-order chi connectivity index (χ0) is 12.0. The van der Waals surface area contributed by atoms with Crippen molar-refractivity contribution >= 4 is 11.8 Å². The molecule has 0 saturated carbocycles. The summed E-state index contributed by atoms with van der Waals surface area (Å²) in [6.45, 7) is 0.735. The smallest absolute Gasteiger partial charge is 0.248 e. The van der Waals surface area contributed by atoms with Crippen LogP contribution in [0.5, 0.6) is 0 Å². The Morgan fingerprint density at radius 1 is 1.35 bits per heavy atom. The quantitative estimate of drug-likeness (QED) is 0.732. The molecular weight excluding hydrogens is 216 g/mol. The summed E-state index contributed by atoms with van der Waals surface area (Å²) in [4.78, 5) is 23.3. The molecule has 1 atom stereocenters. The van der Waals surface area contributed by atoms with Crippen LogP contribution in [0, 0.1) is 5.41 Å². The highest BCUT2D eigenvalue weighted by Crippen LogP contribution is 2.43. The number of carbonyl (C=O) groups excluding carboxylic acids is 2. The first-order chi connectivity index (χ1) is 8.12. The lowest BCUT2D eigenvalue weighted by atomic mass is 9.83. The molecule has 3 N–H and O–H groups in total. The molecule has 1 saturated heterocycles. The molecule has 1 aromatic rings. The second kappa shape index (κ2) is 3.32. The van der Waals surface area contributed by atoms with Crippen LogP contribution in [0.4, 0.5) is 0 Å². The molecule has 0 bridgehead atoms. The summed E-state index contributed by atoms with van der Waals surface area (Å²) in [6, 6.07) is 5.57. The van der Waals surface area contributed by atoms with E-state index >= 15 is 0 Å². The van der Waals surface area contributed by atoms with Gasteiger partial charge in [-0.1, -0.05) is 12.1 Å². The normalized spacial score (nSPS) is 26.0. The number of amides is 2. The summed E-state index contributed by atoms with van der Waals surface area (Å²) < 4.78 is 0. The standard InChI is InChI=1S/C13H14N2O2/c14-11(16)9-3-1-2-8-6-13(7-10(8)9)4-5-15-12(13)17/h1-3H,4-7H2,(H2,14,16)(H,15,17). The van der Waals surface area contributed by atoms with E-state index < -0.39 is 5.91 Å². The molecule has 17 heavy (non-hydrogen) atoms. The number of hydrogen-bond donors (Lipinski definition) is 2. The molecule has 0 radical (unpaired) electrons. The Labute approximate surface area is 99.2 Å². The summed E-state index contributed by atoms with van der Waals surface area (Å²) in [5, 5.41) is 2.88. The summed E-state index contributed by atoms with van der Waals surface area (Å²) in [5.41, 5.74) is 7.68. The van der Waals surface area contributed by atoms with Crippen molar-refractivity contribution in [3.63, 3.8) is 0 Å². The van der Waals surface area contributed by atoms with Crippen LogP contribution in [-0.4, -0.2) is 18.4 Å². The fourth-order valence-corrected chi connectivity index (χ4v) is 3.06. The van der Waals surface area contributed by atoms with Gasteiger partial charge in [0.1, 0.15) is 0 Å². The molecule has 3 rings (SSSR count). The molecule has 1 heterocycles. The predicted octanol–water partition coefficient (Wildman–Crippen LogP) is 0.390. The summed E-state index contributed by atoms with van der Waals surface area (Å²) in [7, 11) is 0. The highest BCUT2D eigenvalue weighted by Gasteiger charge is 2.47. The van der Waals surface area contributed by atoms with E-state index in [0.717, 1.165) is 30.5 Å². The fourth-order valence-electron chi connectivity index (χ4n) is 3.06. The topological polar surface area (TPSA) is 72.2 Å². The van der Waals surface area contributed by atoms with Gasteiger partial charge in [-0.15, -0.1) is 0 Å². The molecule has 1 aliphatic heterocycles. The van der Waals surface area contributed by atoms with Crippen LogP contribution >= 0.6 is 0 Å². The number of primary amides is 1. The van der Waals surface area contributed by atoms with Crippen LogP contribution in [0.15, 0.2) is 18.2 Å². The molecule has 88 valence electrons. The minimum atomic E-state index is -0.405. The minimum Gasteiger partial charge on any atom is -0.366 e. The minimum absolute atomic E-state index is 0.115. The van der Waals surface area contributed by atoms with Crippen molar-refractivity contribution in [3.8, 4) is 0 Å². The van der Waals surface area contributed by atoms with Crippen LogP contribution < -0.4 is 11.1 Å². The molecule has 0 aromatic heterocycles. The maximum atomic E-state index is 11.9. The number of nitrogens with two attached hydrogens (primary N) is 1. The van der Waals surface area contributed by atoms with Gasteiger partial charge in [-0.3, -0.25) is 9.59 Å². The van der Waals surface area contributed by atoms with Gasteiger partial charge in [0, 0.05) is 12.1 Å². The Balaban J connectivity index is 2.06. The second-order valence-electron chi connectivity index (χ2n) is 4.95. The number of fused-ring (bicyclic) bond motifs is 1. The van der Waals surface area contributed by atoms with Gasteiger partial charge in [-0.05, 0) is 36.5 Å². The first-order valence-electron chi connectivity index (χ1n) is 5.81. The number of carbonyl (C=O) groups is 2. The van der Waals surface area contributed by atoms with Gasteiger partial charge in [-0.25, -0.2) is 0 Å². The largest absolute Gasteiger partial charge is 0.366 e. The Morgan fingerprint density at radius 3 is 2.82 bits per heavy atom.